The Bertz CT molecular complexity index is 667. The van der Waals surface area contributed by atoms with E-state index in [1.54, 1.807) is 0 Å². The van der Waals surface area contributed by atoms with Gasteiger partial charge in [0.25, 0.3) is 0 Å². The molecule has 0 amide bonds. The molecule has 1 fully saturated rings. The van der Waals surface area contributed by atoms with Crippen molar-refractivity contribution in [2.45, 2.75) is 50.6 Å². The van der Waals surface area contributed by atoms with Crippen molar-refractivity contribution in [2.24, 2.45) is 23.3 Å². The van der Waals surface area contributed by atoms with E-state index in [0.29, 0.717) is 11.8 Å². The molecule has 0 bridgehead atoms. The number of benzene rings is 2. The molecule has 0 radical (unpaired) electrons. The zero-order valence-electron chi connectivity index (χ0n) is 15.1. The topological polar surface area (TPSA) is 52.0 Å². The maximum atomic E-state index is 7.24. The largest absolute Gasteiger partial charge is 0.326 e. The van der Waals surface area contributed by atoms with E-state index < -0.39 is 5.54 Å². The molecule has 1 saturated carbocycles. The van der Waals surface area contributed by atoms with E-state index in [9.17, 15) is 0 Å². The van der Waals surface area contributed by atoms with Gasteiger partial charge in [0.05, 0.1) is 5.54 Å². The summed E-state index contributed by atoms with van der Waals surface area (Å²) in [6.07, 6.45) is 2.18. The smallest absolute Gasteiger partial charge is 0.0661 e. The first-order valence-corrected chi connectivity index (χ1v) is 9.07. The molecule has 4 atom stereocenters. The number of nitrogens with two attached hydrogens (primary N) is 2. The zero-order chi connectivity index (χ0) is 17.4. The van der Waals surface area contributed by atoms with Gasteiger partial charge in [-0.15, -0.1) is 0 Å². The van der Waals surface area contributed by atoms with E-state index in [1.807, 2.05) is 6.07 Å². The maximum Gasteiger partial charge on any atom is 0.0661 e. The fourth-order valence-electron chi connectivity index (χ4n) is 4.71. The van der Waals surface area contributed by atoms with Crippen molar-refractivity contribution in [3.05, 3.63) is 71.8 Å². The van der Waals surface area contributed by atoms with Gasteiger partial charge in [-0.1, -0.05) is 81.4 Å². The Morgan fingerprint density at radius 2 is 1.42 bits per heavy atom. The average molecular weight is 322 g/mol. The second-order valence-electron chi connectivity index (χ2n) is 7.91. The van der Waals surface area contributed by atoms with E-state index in [1.165, 1.54) is 5.56 Å². The Balaban J connectivity index is 2.18. The van der Waals surface area contributed by atoms with Crippen molar-refractivity contribution in [1.82, 2.24) is 0 Å². The molecule has 24 heavy (non-hydrogen) atoms. The van der Waals surface area contributed by atoms with Crippen LogP contribution in [-0.4, -0.2) is 6.04 Å². The lowest BCUT2D eigenvalue weighted by Gasteiger charge is -2.57. The Morgan fingerprint density at radius 1 is 0.917 bits per heavy atom. The molecule has 2 aromatic rings. The lowest BCUT2D eigenvalue weighted by molar-refractivity contribution is 0.0636. The quantitative estimate of drug-likeness (QED) is 0.890. The highest BCUT2D eigenvalue weighted by atomic mass is 14.9. The van der Waals surface area contributed by atoms with Crippen molar-refractivity contribution in [1.29, 1.82) is 0 Å². The predicted molar refractivity (Wildman–Crippen MR) is 102 cm³/mol. The standard InChI is InChI=1S/C22H30N2/c1-16(2)19-14-15-21(3,17-10-6-4-7-11-17)22(24,20(19)23)18-12-8-5-9-13-18/h4-13,16,19-20H,14-15,23-24H2,1-3H3. The molecule has 1 aliphatic carbocycles. The zero-order valence-corrected chi connectivity index (χ0v) is 15.1. The number of hydrogen-bond donors (Lipinski definition) is 2. The molecule has 0 saturated heterocycles. The fraction of sp³-hybridized carbons (Fsp3) is 0.455. The average Bonchev–Trinajstić information content (AvgIpc) is 2.61. The minimum Gasteiger partial charge on any atom is -0.326 e. The van der Waals surface area contributed by atoms with Gasteiger partial charge in [0.2, 0.25) is 0 Å². The normalized spacial score (nSPS) is 33.6. The molecule has 128 valence electrons. The highest BCUT2D eigenvalue weighted by Crippen LogP contribution is 2.52. The summed E-state index contributed by atoms with van der Waals surface area (Å²) in [7, 11) is 0. The molecule has 4 N–H and O–H groups in total. The maximum absolute atomic E-state index is 7.24. The Labute approximate surface area is 146 Å². The molecular formula is C22H30N2. The van der Waals surface area contributed by atoms with Gasteiger partial charge in [-0.05, 0) is 35.8 Å². The van der Waals surface area contributed by atoms with Crippen LogP contribution < -0.4 is 11.5 Å². The summed E-state index contributed by atoms with van der Waals surface area (Å²) >= 11 is 0. The predicted octanol–water partition coefficient (Wildman–Crippen LogP) is 4.19. The first-order chi connectivity index (χ1) is 11.4. The van der Waals surface area contributed by atoms with Gasteiger partial charge in [-0.2, -0.15) is 0 Å². The molecule has 0 heterocycles. The monoisotopic (exact) mass is 322 g/mol. The summed E-state index contributed by atoms with van der Waals surface area (Å²) < 4.78 is 0. The first kappa shape index (κ1) is 17.2. The van der Waals surface area contributed by atoms with Crippen molar-refractivity contribution in [2.75, 3.05) is 0 Å². The summed E-state index contributed by atoms with van der Waals surface area (Å²) in [6, 6.07) is 21.1. The number of rotatable bonds is 3. The van der Waals surface area contributed by atoms with E-state index >= 15 is 0 Å². The van der Waals surface area contributed by atoms with Gasteiger partial charge in [-0.25, -0.2) is 0 Å². The SMILES string of the molecule is CC(C)C1CCC(C)(c2ccccc2)C(N)(c2ccccc2)C1N. The van der Waals surface area contributed by atoms with Crippen molar-refractivity contribution in [3.8, 4) is 0 Å². The minimum absolute atomic E-state index is 0.0705. The van der Waals surface area contributed by atoms with Crippen LogP contribution in [0.25, 0.3) is 0 Å². The van der Waals surface area contributed by atoms with E-state index in [0.717, 1.165) is 18.4 Å². The van der Waals surface area contributed by atoms with Crippen molar-refractivity contribution < 1.29 is 0 Å². The van der Waals surface area contributed by atoms with Crippen LogP contribution in [0.2, 0.25) is 0 Å². The molecule has 2 nitrogen and oxygen atoms in total. The third-order valence-corrected chi connectivity index (χ3v) is 6.40. The molecule has 4 unspecified atom stereocenters. The van der Waals surface area contributed by atoms with Gasteiger partial charge in [0, 0.05) is 11.5 Å². The highest BCUT2D eigenvalue weighted by Gasteiger charge is 2.56. The van der Waals surface area contributed by atoms with Gasteiger partial charge in [0.1, 0.15) is 0 Å². The van der Waals surface area contributed by atoms with E-state index in [2.05, 4.69) is 75.4 Å². The van der Waals surface area contributed by atoms with Crippen LogP contribution in [0, 0.1) is 11.8 Å². The third kappa shape index (κ3) is 2.49. The summed E-state index contributed by atoms with van der Waals surface area (Å²) in [5, 5.41) is 0. The molecule has 0 aliphatic heterocycles. The van der Waals surface area contributed by atoms with Crippen molar-refractivity contribution >= 4 is 0 Å². The van der Waals surface area contributed by atoms with E-state index in [4.69, 9.17) is 11.5 Å². The third-order valence-electron chi connectivity index (χ3n) is 6.40. The summed E-state index contributed by atoms with van der Waals surface area (Å²) in [5.74, 6) is 0.971. The molecular weight excluding hydrogens is 292 g/mol. The van der Waals surface area contributed by atoms with Crippen molar-refractivity contribution in [3.63, 3.8) is 0 Å². The molecule has 3 rings (SSSR count). The summed E-state index contributed by atoms with van der Waals surface area (Å²) in [5.41, 5.74) is 15.8. The minimum atomic E-state index is -0.581. The second kappa shape index (κ2) is 6.34. The van der Waals surface area contributed by atoms with Crippen LogP contribution >= 0.6 is 0 Å². The Morgan fingerprint density at radius 3 is 1.92 bits per heavy atom. The molecule has 2 aromatic carbocycles. The first-order valence-electron chi connectivity index (χ1n) is 9.07. The van der Waals surface area contributed by atoms with E-state index in [-0.39, 0.29) is 11.5 Å². The van der Waals surface area contributed by atoms with Gasteiger partial charge >= 0.3 is 0 Å². The lowest BCUT2D eigenvalue weighted by atomic mass is 9.51. The Kier molecular flexibility index (Phi) is 4.54. The van der Waals surface area contributed by atoms with Crippen LogP contribution in [0.1, 0.15) is 44.7 Å². The molecule has 0 aromatic heterocycles. The molecule has 0 spiro atoms. The van der Waals surface area contributed by atoms with Gasteiger partial charge in [-0.3, -0.25) is 0 Å². The van der Waals surface area contributed by atoms with Crippen LogP contribution in [0.3, 0.4) is 0 Å². The van der Waals surface area contributed by atoms with Crippen LogP contribution in [-0.2, 0) is 11.0 Å². The fourth-order valence-corrected chi connectivity index (χ4v) is 4.71. The van der Waals surface area contributed by atoms with Crippen LogP contribution in [0.15, 0.2) is 60.7 Å². The highest BCUT2D eigenvalue weighted by molar-refractivity contribution is 5.40. The molecule has 2 heteroatoms. The Hall–Kier alpha value is -1.64. The molecule has 1 aliphatic rings. The van der Waals surface area contributed by atoms with Gasteiger partial charge in [0.15, 0.2) is 0 Å². The van der Waals surface area contributed by atoms with Crippen LogP contribution in [0.5, 0.6) is 0 Å². The second-order valence-corrected chi connectivity index (χ2v) is 7.91. The summed E-state index contributed by atoms with van der Waals surface area (Å²) in [6.45, 7) is 6.83. The van der Waals surface area contributed by atoms with Gasteiger partial charge < -0.3 is 11.5 Å². The van der Waals surface area contributed by atoms with Crippen LogP contribution in [0.4, 0.5) is 0 Å². The number of hydrogen-bond acceptors (Lipinski definition) is 2. The summed E-state index contributed by atoms with van der Waals surface area (Å²) in [4.78, 5) is 0. The lowest BCUT2D eigenvalue weighted by Crippen LogP contribution is -2.69.